The maximum absolute atomic E-state index is 14.7. The number of aromatic amines is 3. The van der Waals surface area contributed by atoms with Gasteiger partial charge in [-0.3, -0.25) is 14.4 Å². The maximum Gasteiger partial charge on any atom is 0.253 e. The van der Waals surface area contributed by atoms with Crippen LogP contribution in [0.4, 0.5) is 47.7 Å². The molecule has 9 aromatic rings. The van der Waals surface area contributed by atoms with Crippen molar-refractivity contribution in [3.05, 3.63) is 190 Å². The zero-order valence-electron chi connectivity index (χ0n) is 47.8. The van der Waals surface area contributed by atoms with Crippen LogP contribution in [0.5, 0.6) is 0 Å². The normalized spacial score (nSPS) is 13.7. The number of benzene rings is 3. The van der Waals surface area contributed by atoms with Crippen LogP contribution in [0.2, 0.25) is 0 Å². The summed E-state index contributed by atoms with van der Waals surface area (Å²) in [6.07, 6.45) is 8.67. The Bertz CT molecular complexity index is 3990. The number of aryl methyl sites for hydroxylation is 6. The van der Waals surface area contributed by atoms with Crippen LogP contribution in [0.1, 0.15) is 83.1 Å². The minimum Gasteiger partial charge on any atom is -0.398 e. The van der Waals surface area contributed by atoms with Crippen LogP contribution in [-0.2, 0) is 29.1 Å². The molecule has 0 radical (unpaired) electrons. The predicted octanol–water partition coefficient (Wildman–Crippen LogP) is 11.1. The molecule has 17 nitrogen and oxygen atoms in total. The molecule has 6 aromatic heterocycles. The Kier molecular flexibility index (Phi) is 18.8. The van der Waals surface area contributed by atoms with Crippen LogP contribution in [0.3, 0.4) is 0 Å². The van der Waals surface area contributed by atoms with E-state index in [1.54, 1.807) is 30.7 Å². The number of aromatic nitrogens is 6. The average molecular weight is 1130 g/mol. The van der Waals surface area contributed by atoms with Crippen molar-refractivity contribution < 1.29 is 22.6 Å². The largest absolute Gasteiger partial charge is 0.398 e. The fourth-order valence-electron chi connectivity index (χ4n) is 11.0. The second kappa shape index (κ2) is 26.4. The summed E-state index contributed by atoms with van der Waals surface area (Å²) >= 11 is 0. The number of halogens is 3. The smallest absolute Gasteiger partial charge is 0.253 e. The highest BCUT2D eigenvalue weighted by atomic mass is 19.1. The molecular formula is C63H71F3N12O5. The number of anilines is 6. The standard InChI is InChI=1S/C24H29FN4O2.C22H25FN4O2.C17H17FN4O/c1-4-29(18-6-9-31-10-7-18)22-13-17(25)12-20-19(22)5-8-26-23(20)27-14-21-15(2)11-16(3)28-24(21)30;1-13-9-14(2)26-22(28)19(13)12-25-21-18-10-15(23)11-20(17(18)3-6-24-21)27-16-4-7-29-8-5-16;1-9-5-10(2)22-17(23)14(9)8-21-16-13-6-11(18)7-15(19)12(13)3-4-20-16/h5,8,11-13,18H,4,6-7,9-10,14H2,1-3H3,(H,26,27)(H,28,30);3,6,9-11,16,27H,4-5,7-8,12H2,1-2H3,(H,24,25)(H,26,28);3-7H,8,19H2,1-2H3,(H,20,21)(H,22,23). The van der Waals surface area contributed by atoms with E-state index in [2.05, 4.69) is 63.0 Å². The first-order chi connectivity index (χ1) is 39.9. The first-order valence-corrected chi connectivity index (χ1v) is 27.9. The van der Waals surface area contributed by atoms with Crippen molar-refractivity contribution in [2.75, 3.05) is 64.9 Å². The van der Waals surface area contributed by atoms with Crippen LogP contribution in [0.25, 0.3) is 32.3 Å². The molecule has 0 amide bonds. The van der Waals surface area contributed by atoms with Gasteiger partial charge in [-0.15, -0.1) is 0 Å². The number of hydrogen-bond acceptors (Lipinski definition) is 14. The molecular weight excluding hydrogens is 1060 g/mol. The Morgan fingerprint density at radius 2 is 0.928 bits per heavy atom. The van der Waals surface area contributed by atoms with Crippen molar-refractivity contribution in [3.8, 4) is 0 Å². The molecule has 0 aliphatic carbocycles. The van der Waals surface area contributed by atoms with E-state index in [-0.39, 0.29) is 34.4 Å². The molecule has 9 N–H and O–H groups in total. The summed E-state index contributed by atoms with van der Waals surface area (Å²) < 4.78 is 53.6. The van der Waals surface area contributed by atoms with E-state index in [1.165, 1.54) is 30.3 Å². The van der Waals surface area contributed by atoms with Gasteiger partial charge in [0.1, 0.15) is 34.9 Å². The van der Waals surface area contributed by atoms with E-state index in [0.29, 0.717) is 94.9 Å². The maximum atomic E-state index is 14.7. The minimum atomic E-state index is -0.421. The van der Waals surface area contributed by atoms with Gasteiger partial charge in [0.2, 0.25) is 0 Å². The molecule has 434 valence electrons. The van der Waals surface area contributed by atoms with E-state index in [0.717, 1.165) is 107 Å². The van der Waals surface area contributed by atoms with Crippen LogP contribution in [-0.4, -0.2) is 75.0 Å². The third-order valence-electron chi connectivity index (χ3n) is 15.2. The zero-order valence-corrected chi connectivity index (χ0v) is 47.8. The lowest BCUT2D eigenvalue weighted by Gasteiger charge is -2.36. The van der Waals surface area contributed by atoms with Crippen LogP contribution in [0.15, 0.2) is 106 Å². The Balaban J connectivity index is 0.000000151. The Labute approximate surface area is 478 Å². The van der Waals surface area contributed by atoms with Gasteiger partial charge in [0, 0.05) is 166 Å². The molecule has 8 heterocycles. The first-order valence-electron chi connectivity index (χ1n) is 27.9. The van der Waals surface area contributed by atoms with Gasteiger partial charge in [0.05, 0.1) is 0 Å². The highest BCUT2D eigenvalue weighted by Gasteiger charge is 2.24. The molecule has 20 heteroatoms. The lowest BCUT2D eigenvalue weighted by atomic mass is 10.0. The monoisotopic (exact) mass is 1130 g/mol. The molecule has 3 aromatic carbocycles. The molecule has 2 fully saturated rings. The van der Waals surface area contributed by atoms with Crippen molar-refractivity contribution >= 4 is 66.8 Å². The van der Waals surface area contributed by atoms with Crippen LogP contribution >= 0.6 is 0 Å². The Hall–Kier alpha value is -8.75. The van der Waals surface area contributed by atoms with E-state index in [9.17, 15) is 27.6 Å². The number of nitrogens with one attached hydrogen (secondary N) is 7. The Morgan fingerprint density at radius 1 is 0.530 bits per heavy atom. The third kappa shape index (κ3) is 14.1. The summed E-state index contributed by atoms with van der Waals surface area (Å²) in [5, 5.41) is 17.6. The molecule has 83 heavy (non-hydrogen) atoms. The van der Waals surface area contributed by atoms with Crippen molar-refractivity contribution in [2.24, 2.45) is 0 Å². The van der Waals surface area contributed by atoms with E-state index in [4.69, 9.17) is 15.2 Å². The topological polar surface area (TPSA) is 233 Å². The second-order valence-corrected chi connectivity index (χ2v) is 21.2. The van der Waals surface area contributed by atoms with Gasteiger partial charge < -0.3 is 56.3 Å². The van der Waals surface area contributed by atoms with Gasteiger partial charge in [0.25, 0.3) is 16.7 Å². The molecule has 0 bridgehead atoms. The Morgan fingerprint density at radius 3 is 1.39 bits per heavy atom. The van der Waals surface area contributed by atoms with Crippen molar-refractivity contribution in [1.29, 1.82) is 0 Å². The SMILES string of the molecule is CCN(c1cc(F)cc2c(NCc3c(C)cc(C)[nH]c3=O)nccc12)C1CCOCC1.Cc1cc(C)c(CNc2nccc3c(N)cc(F)cc23)c(=O)[nH]1.Cc1cc(C)c(CNc2nccc3c(NC4CCOCC4)cc(F)cc23)c(=O)[nH]1. The van der Waals surface area contributed by atoms with Crippen LogP contribution < -0.4 is 48.6 Å². The fraction of sp³-hybridized carbons (Fsp3) is 0.333. The lowest BCUT2D eigenvalue weighted by molar-refractivity contribution is 0.0847. The highest BCUT2D eigenvalue weighted by Crippen LogP contribution is 2.35. The van der Waals surface area contributed by atoms with E-state index >= 15 is 0 Å². The van der Waals surface area contributed by atoms with Crippen molar-refractivity contribution in [1.82, 2.24) is 29.9 Å². The zero-order chi connectivity index (χ0) is 58.9. The number of pyridine rings is 6. The molecule has 0 unspecified atom stereocenters. The first kappa shape index (κ1) is 58.9. The molecule has 2 saturated heterocycles. The molecule has 11 rings (SSSR count). The number of H-pyrrole nitrogens is 3. The van der Waals surface area contributed by atoms with Gasteiger partial charge >= 0.3 is 0 Å². The fourth-order valence-corrected chi connectivity index (χ4v) is 11.0. The summed E-state index contributed by atoms with van der Waals surface area (Å²) in [6, 6.07) is 20.7. The number of nitrogen functional groups attached to an aromatic ring is 1. The molecule has 2 aliphatic rings. The van der Waals surface area contributed by atoms with Gasteiger partial charge in [0.15, 0.2) is 0 Å². The number of nitrogens with zero attached hydrogens (tertiary/aromatic N) is 4. The minimum absolute atomic E-state index is 0.117. The van der Waals surface area contributed by atoms with Crippen molar-refractivity contribution in [2.45, 2.75) is 106 Å². The van der Waals surface area contributed by atoms with Crippen molar-refractivity contribution in [3.63, 3.8) is 0 Å². The number of fused-ring (bicyclic) bond motifs is 3. The molecule has 0 atom stereocenters. The van der Waals surface area contributed by atoms with E-state index in [1.807, 2.05) is 71.9 Å². The van der Waals surface area contributed by atoms with Gasteiger partial charge in [-0.1, -0.05) is 0 Å². The van der Waals surface area contributed by atoms with Crippen LogP contribution in [0, 0.1) is 59.0 Å². The summed E-state index contributed by atoms with van der Waals surface area (Å²) in [7, 11) is 0. The molecule has 2 aliphatic heterocycles. The summed E-state index contributed by atoms with van der Waals surface area (Å²) in [4.78, 5) is 60.5. The number of ether oxygens (including phenoxy) is 2. The van der Waals surface area contributed by atoms with Gasteiger partial charge in [-0.2, -0.15) is 0 Å². The number of rotatable bonds is 14. The van der Waals surface area contributed by atoms with Gasteiger partial charge in [-0.25, -0.2) is 28.1 Å². The number of nitrogens with two attached hydrogens (primary N) is 1. The molecule has 0 spiro atoms. The van der Waals surface area contributed by atoms with Gasteiger partial charge in [-0.05, 0) is 164 Å². The summed E-state index contributed by atoms with van der Waals surface area (Å²) in [5.74, 6) is 0.571. The van der Waals surface area contributed by atoms with E-state index < -0.39 is 5.82 Å². The average Bonchev–Trinajstić information content (AvgIpc) is 3.10. The summed E-state index contributed by atoms with van der Waals surface area (Å²) in [5.41, 5.74) is 14.6. The molecule has 0 saturated carbocycles. The number of hydrogen-bond donors (Lipinski definition) is 8. The summed E-state index contributed by atoms with van der Waals surface area (Å²) in [6.45, 7) is 17.9. The quantitative estimate of drug-likeness (QED) is 0.0474. The predicted molar refractivity (Wildman–Crippen MR) is 325 cm³/mol. The third-order valence-corrected chi connectivity index (χ3v) is 15.2. The second-order valence-electron chi connectivity index (χ2n) is 21.2. The lowest BCUT2D eigenvalue weighted by Crippen LogP contribution is -2.39. The highest BCUT2D eigenvalue weighted by molar-refractivity contribution is 6.02.